The Morgan fingerprint density at radius 1 is 1.06 bits per heavy atom. The van der Waals surface area contributed by atoms with Gasteiger partial charge in [-0.1, -0.05) is 25.7 Å². The monoisotopic (exact) mass is 261 g/mol. The highest BCUT2D eigenvalue weighted by Crippen LogP contribution is 2.27. The Morgan fingerprint density at radius 3 is 2.50 bits per heavy atom. The lowest BCUT2D eigenvalue weighted by Gasteiger charge is -2.12. The van der Waals surface area contributed by atoms with Crippen LogP contribution in [0.2, 0.25) is 0 Å². The van der Waals surface area contributed by atoms with Gasteiger partial charge in [0.2, 0.25) is 0 Å². The molecular weight excluding hydrogens is 238 g/mol. The smallest absolute Gasteiger partial charge is 0.126 e. The molecular formula is C12H23NOS2. The van der Waals surface area contributed by atoms with Crippen molar-refractivity contribution >= 4 is 30.2 Å². The van der Waals surface area contributed by atoms with Gasteiger partial charge in [0.05, 0.1) is 0 Å². The molecule has 1 rings (SSSR count). The zero-order valence-corrected chi connectivity index (χ0v) is 11.7. The van der Waals surface area contributed by atoms with Gasteiger partial charge in [-0.05, 0) is 12.8 Å². The summed E-state index contributed by atoms with van der Waals surface area (Å²) in [6.07, 6.45) is 8.69. The summed E-state index contributed by atoms with van der Waals surface area (Å²) >= 11 is 4.13. The summed E-state index contributed by atoms with van der Waals surface area (Å²) in [6.45, 7) is 3.98. The van der Waals surface area contributed by atoms with E-state index in [9.17, 15) is 0 Å². The Balaban J connectivity index is 1.87. The van der Waals surface area contributed by atoms with Crippen molar-refractivity contribution in [2.75, 3.05) is 23.9 Å². The fourth-order valence-corrected chi connectivity index (χ4v) is 4.20. The van der Waals surface area contributed by atoms with Gasteiger partial charge >= 0.3 is 0 Å². The van der Waals surface area contributed by atoms with Crippen LogP contribution < -0.4 is 0 Å². The van der Waals surface area contributed by atoms with Crippen LogP contribution in [0.3, 0.4) is 0 Å². The van der Waals surface area contributed by atoms with Crippen LogP contribution in [-0.4, -0.2) is 35.8 Å². The Morgan fingerprint density at radius 2 is 1.81 bits per heavy atom. The molecule has 0 atom stereocenters. The zero-order chi connectivity index (χ0) is 11.5. The highest BCUT2D eigenvalue weighted by atomic mass is 32.2. The Bertz CT molecular complexity index is 170. The predicted molar refractivity (Wildman–Crippen MR) is 76.8 cm³/mol. The molecule has 0 aromatic rings. The standard InChI is InChI=1S/C12H23NOS2/c1-13-14-8-9-15-10-11-16-12-6-4-2-3-5-7-12/h12H,1-11H2. The fraction of sp³-hybridized carbons (Fsp3) is 0.917. The highest BCUT2D eigenvalue weighted by Gasteiger charge is 2.11. The molecule has 16 heavy (non-hydrogen) atoms. The van der Waals surface area contributed by atoms with Gasteiger partial charge in [0.15, 0.2) is 0 Å². The summed E-state index contributed by atoms with van der Waals surface area (Å²) < 4.78 is 0. The van der Waals surface area contributed by atoms with Crippen molar-refractivity contribution in [3.05, 3.63) is 0 Å². The molecule has 0 heterocycles. The van der Waals surface area contributed by atoms with Crippen LogP contribution in [0.4, 0.5) is 0 Å². The average Bonchev–Trinajstić information content (AvgIpc) is 2.56. The second-order valence-corrected chi connectivity index (χ2v) is 6.69. The third-order valence-electron chi connectivity index (χ3n) is 2.79. The topological polar surface area (TPSA) is 21.6 Å². The van der Waals surface area contributed by atoms with Crippen molar-refractivity contribution < 1.29 is 4.84 Å². The molecule has 0 aromatic heterocycles. The van der Waals surface area contributed by atoms with Crippen molar-refractivity contribution in [3.8, 4) is 0 Å². The molecule has 0 N–H and O–H groups in total. The molecule has 0 aliphatic heterocycles. The lowest BCUT2D eigenvalue weighted by molar-refractivity contribution is 0.164. The van der Waals surface area contributed by atoms with Crippen LogP contribution >= 0.6 is 23.5 Å². The van der Waals surface area contributed by atoms with E-state index in [0.29, 0.717) is 6.61 Å². The van der Waals surface area contributed by atoms with Gasteiger partial charge in [-0.2, -0.15) is 23.5 Å². The third-order valence-corrected chi connectivity index (χ3v) is 5.38. The fourth-order valence-electron chi connectivity index (χ4n) is 1.95. The third kappa shape index (κ3) is 7.44. The summed E-state index contributed by atoms with van der Waals surface area (Å²) in [5.74, 6) is 3.56. The summed E-state index contributed by atoms with van der Waals surface area (Å²) in [5, 5.41) is 4.31. The van der Waals surface area contributed by atoms with E-state index in [0.717, 1.165) is 11.0 Å². The van der Waals surface area contributed by atoms with Gasteiger partial charge in [-0.15, -0.1) is 5.16 Å². The van der Waals surface area contributed by atoms with Crippen LogP contribution in [0.25, 0.3) is 0 Å². The zero-order valence-electron chi connectivity index (χ0n) is 10.0. The van der Waals surface area contributed by atoms with E-state index < -0.39 is 0 Å². The Labute approximate surface area is 108 Å². The van der Waals surface area contributed by atoms with Crippen molar-refractivity contribution in [2.45, 2.75) is 43.8 Å². The van der Waals surface area contributed by atoms with Crippen LogP contribution in [0.5, 0.6) is 0 Å². The molecule has 1 aliphatic carbocycles. The number of hydrogen-bond donors (Lipinski definition) is 0. The molecule has 0 aromatic carbocycles. The number of thioether (sulfide) groups is 2. The number of nitrogens with zero attached hydrogens (tertiary/aromatic N) is 1. The molecule has 1 aliphatic rings. The van der Waals surface area contributed by atoms with E-state index in [-0.39, 0.29) is 0 Å². The molecule has 0 saturated heterocycles. The molecule has 0 unspecified atom stereocenters. The van der Waals surface area contributed by atoms with Crippen molar-refractivity contribution in [1.29, 1.82) is 0 Å². The van der Waals surface area contributed by atoms with Gasteiger partial charge in [0.25, 0.3) is 0 Å². The van der Waals surface area contributed by atoms with E-state index in [1.165, 1.54) is 50.0 Å². The van der Waals surface area contributed by atoms with Crippen molar-refractivity contribution in [3.63, 3.8) is 0 Å². The van der Waals surface area contributed by atoms with Crippen LogP contribution in [-0.2, 0) is 4.84 Å². The first-order valence-corrected chi connectivity index (χ1v) is 8.41. The minimum absolute atomic E-state index is 0.697. The quantitative estimate of drug-likeness (QED) is 0.287. The molecule has 0 spiro atoms. The molecule has 4 heteroatoms. The molecule has 0 bridgehead atoms. The van der Waals surface area contributed by atoms with Crippen LogP contribution in [0.15, 0.2) is 5.16 Å². The van der Waals surface area contributed by atoms with Crippen molar-refractivity contribution in [2.24, 2.45) is 5.16 Å². The average molecular weight is 261 g/mol. The normalized spacial score (nSPS) is 18.0. The summed E-state index contributed by atoms with van der Waals surface area (Å²) in [4.78, 5) is 4.83. The summed E-state index contributed by atoms with van der Waals surface area (Å²) in [6, 6.07) is 0. The Hall–Kier alpha value is 0.170. The first-order valence-electron chi connectivity index (χ1n) is 6.21. The number of rotatable bonds is 8. The highest BCUT2D eigenvalue weighted by molar-refractivity contribution is 8.03. The molecule has 2 nitrogen and oxygen atoms in total. The number of hydrogen-bond acceptors (Lipinski definition) is 4. The molecule has 0 amide bonds. The van der Waals surface area contributed by atoms with Gasteiger partial charge in [-0.25, -0.2) is 0 Å². The van der Waals surface area contributed by atoms with Crippen LogP contribution in [0, 0.1) is 0 Å². The Kier molecular flexibility index (Phi) is 9.19. The summed E-state index contributed by atoms with van der Waals surface area (Å²) in [7, 11) is 0. The first-order chi connectivity index (χ1) is 7.93. The molecule has 0 radical (unpaired) electrons. The van der Waals surface area contributed by atoms with E-state index in [2.05, 4.69) is 23.6 Å². The van der Waals surface area contributed by atoms with Gasteiger partial charge in [-0.3, -0.25) is 0 Å². The van der Waals surface area contributed by atoms with E-state index >= 15 is 0 Å². The molecule has 1 saturated carbocycles. The minimum atomic E-state index is 0.697. The maximum atomic E-state index is 4.83. The lowest BCUT2D eigenvalue weighted by atomic mass is 10.2. The summed E-state index contributed by atoms with van der Waals surface area (Å²) in [5.41, 5.74) is 0. The van der Waals surface area contributed by atoms with Gasteiger partial charge in [0.1, 0.15) is 6.61 Å². The SMILES string of the molecule is C=NOCCSCCSC1CCCCCC1. The van der Waals surface area contributed by atoms with Gasteiger partial charge in [0, 0.05) is 29.2 Å². The number of oxime groups is 1. The van der Waals surface area contributed by atoms with Crippen LogP contribution in [0.1, 0.15) is 38.5 Å². The first kappa shape index (κ1) is 14.2. The van der Waals surface area contributed by atoms with Gasteiger partial charge < -0.3 is 4.84 Å². The predicted octanol–water partition coefficient (Wildman–Crippen LogP) is 3.81. The maximum absolute atomic E-state index is 4.83. The molecule has 94 valence electrons. The van der Waals surface area contributed by atoms with E-state index in [1.54, 1.807) is 0 Å². The maximum Gasteiger partial charge on any atom is 0.126 e. The largest absolute Gasteiger partial charge is 0.395 e. The molecule has 1 fully saturated rings. The lowest BCUT2D eigenvalue weighted by Crippen LogP contribution is -2.03. The minimum Gasteiger partial charge on any atom is -0.395 e. The second kappa shape index (κ2) is 10.3. The van der Waals surface area contributed by atoms with E-state index in [4.69, 9.17) is 4.84 Å². The van der Waals surface area contributed by atoms with Crippen molar-refractivity contribution in [1.82, 2.24) is 0 Å². The second-order valence-electron chi connectivity index (χ2n) is 4.06. The van der Waals surface area contributed by atoms with E-state index in [1.807, 2.05) is 11.8 Å².